The summed E-state index contributed by atoms with van der Waals surface area (Å²) in [5.41, 5.74) is 4.97. The summed E-state index contributed by atoms with van der Waals surface area (Å²) in [5, 5.41) is 6.74. The average molecular weight is 439 g/mol. The molecule has 2 aliphatic rings. The first-order chi connectivity index (χ1) is 15.9. The summed E-state index contributed by atoms with van der Waals surface area (Å²) in [6.45, 7) is 1.13. The van der Waals surface area contributed by atoms with E-state index in [0.29, 0.717) is 13.5 Å². The van der Waals surface area contributed by atoms with Crippen molar-refractivity contribution in [3.8, 4) is 11.5 Å². The van der Waals surface area contributed by atoms with E-state index >= 15 is 0 Å². The second-order valence-corrected chi connectivity index (χ2v) is 7.75. The maximum atomic E-state index is 5.56. The highest BCUT2D eigenvalue weighted by molar-refractivity contribution is 5.43. The molecular formula is C29H30N2O2. The first kappa shape index (κ1) is 22.6. The summed E-state index contributed by atoms with van der Waals surface area (Å²) in [6.07, 6.45) is 0. The van der Waals surface area contributed by atoms with Gasteiger partial charge in [0.25, 0.3) is 0 Å². The van der Waals surface area contributed by atoms with Crippen LogP contribution in [0.15, 0.2) is 109 Å². The molecule has 2 aliphatic heterocycles. The summed E-state index contributed by atoms with van der Waals surface area (Å²) < 4.78 is 11.1. The third kappa shape index (κ3) is 5.08. The Kier molecular flexibility index (Phi) is 7.40. The van der Waals surface area contributed by atoms with Gasteiger partial charge in [-0.05, 0) is 23.3 Å². The molecule has 0 amide bonds. The molecule has 4 aromatic rings. The SMILES string of the molecule is C.c1ccc(C2NCOc3ccccc32)cc1.c1ccc(C2NCOc3ccccc32)cc1. The van der Waals surface area contributed by atoms with Gasteiger partial charge in [0.05, 0.1) is 12.1 Å². The minimum Gasteiger partial charge on any atom is -0.478 e. The number of hydrogen-bond acceptors (Lipinski definition) is 4. The van der Waals surface area contributed by atoms with E-state index in [4.69, 9.17) is 9.47 Å². The Labute approximate surface area is 196 Å². The number of para-hydroxylation sites is 2. The van der Waals surface area contributed by atoms with Crippen LogP contribution < -0.4 is 20.1 Å². The lowest BCUT2D eigenvalue weighted by Gasteiger charge is -2.27. The standard InChI is InChI=1S/2C14H13NO.CH4/c2*1-2-6-11(7-3-1)14-12-8-4-5-9-13(12)16-10-15-14;/h2*1-9,14-15H,10H2;1H4. The molecule has 2 heterocycles. The quantitative estimate of drug-likeness (QED) is 0.399. The molecule has 33 heavy (non-hydrogen) atoms. The van der Waals surface area contributed by atoms with E-state index in [2.05, 4.69) is 71.3 Å². The Balaban J connectivity index is 0.000000152. The van der Waals surface area contributed by atoms with Crippen molar-refractivity contribution in [1.29, 1.82) is 0 Å². The molecule has 2 N–H and O–H groups in total. The van der Waals surface area contributed by atoms with Gasteiger partial charge in [-0.1, -0.05) is 104 Å². The van der Waals surface area contributed by atoms with Crippen molar-refractivity contribution in [3.05, 3.63) is 131 Å². The summed E-state index contributed by atoms with van der Waals surface area (Å²) in [7, 11) is 0. The average Bonchev–Trinajstić information content (AvgIpc) is 2.89. The largest absolute Gasteiger partial charge is 0.478 e. The van der Waals surface area contributed by atoms with Crippen molar-refractivity contribution in [2.45, 2.75) is 19.5 Å². The zero-order valence-corrected chi connectivity index (χ0v) is 17.8. The lowest BCUT2D eigenvalue weighted by Crippen LogP contribution is -2.31. The molecule has 4 aromatic carbocycles. The van der Waals surface area contributed by atoms with Crippen molar-refractivity contribution in [3.63, 3.8) is 0 Å². The van der Waals surface area contributed by atoms with Gasteiger partial charge in [0.2, 0.25) is 0 Å². The number of rotatable bonds is 2. The van der Waals surface area contributed by atoms with E-state index in [9.17, 15) is 0 Å². The molecule has 0 aliphatic carbocycles. The maximum absolute atomic E-state index is 5.56. The predicted octanol–water partition coefficient (Wildman–Crippen LogP) is 6.07. The van der Waals surface area contributed by atoms with Crippen molar-refractivity contribution in [2.75, 3.05) is 13.5 Å². The van der Waals surface area contributed by atoms with Crippen molar-refractivity contribution in [2.24, 2.45) is 0 Å². The summed E-state index contributed by atoms with van der Waals surface area (Å²) in [4.78, 5) is 0. The van der Waals surface area contributed by atoms with E-state index in [0.717, 1.165) is 11.5 Å². The fraction of sp³-hybridized carbons (Fsp3) is 0.172. The van der Waals surface area contributed by atoms with E-state index in [1.54, 1.807) is 0 Å². The van der Waals surface area contributed by atoms with Crippen LogP contribution in [-0.4, -0.2) is 13.5 Å². The summed E-state index contributed by atoms with van der Waals surface area (Å²) >= 11 is 0. The lowest BCUT2D eigenvalue weighted by atomic mass is 9.97. The maximum Gasteiger partial charge on any atom is 0.140 e. The molecule has 0 fully saturated rings. The van der Waals surface area contributed by atoms with Gasteiger partial charge >= 0.3 is 0 Å². The van der Waals surface area contributed by atoms with Crippen LogP contribution in [0.1, 0.15) is 41.8 Å². The molecular weight excluding hydrogens is 408 g/mol. The normalized spacial score (nSPS) is 18.1. The Morgan fingerprint density at radius 1 is 0.485 bits per heavy atom. The predicted molar refractivity (Wildman–Crippen MR) is 133 cm³/mol. The minimum absolute atomic E-state index is 0. The van der Waals surface area contributed by atoms with Crippen molar-refractivity contribution in [1.82, 2.24) is 10.6 Å². The molecule has 2 atom stereocenters. The fourth-order valence-electron chi connectivity index (χ4n) is 4.21. The Hall–Kier alpha value is -3.60. The van der Waals surface area contributed by atoms with Gasteiger partial charge in [0.1, 0.15) is 25.0 Å². The summed E-state index contributed by atoms with van der Waals surface area (Å²) in [5.74, 6) is 1.96. The zero-order valence-electron chi connectivity index (χ0n) is 17.8. The van der Waals surface area contributed by atoms with Crippen LogP contribution in [0.4, 0.5) is 0 Å². The van der Waals surface area contributed by atoms with Gasteiger partial charge in [0.15, 0.2) is 0 Å². The topological polar surface area (TPSA) is 42.5 Å². The highest BCUT2D eigenvalue weighted by Crippen LogP contribution is 2.33. The van der Waals surface area contributed by atoms with Crippen LogP contribution in [0.5, 0.6) is 11.5 Å². The van der Waals surface area contributed by atoms with Crippen LogP contribution in [0.25, 0.3) is 0 Å². The summed E-state index contributed by atoms with van der Waals surface area (Å²) in [6, 6.07) is 37.7. The lowest BCUT2D eigenvalue weighted by molar-refractivity contribution is 0.242. The number of benzene rings is 4. The van der Waals surface area contributed by atoms with E-state index < -0.39 is 0 Å². The molecule has 4 nitrogen and oxygen atoms in total. The van der Waals surface area contributed by atoms with Gasteiger partial charge in [-0.25, -0.2) is 0 Å². The second-order valence-electron chi connectivity index (χ2n) is 7.75. The van der Waals surface area contributed by atoms with Crippen LogP contribution in [0.2, 0.25) is 0 Å². The van der Waals surface area contributed by atoms with Crippen molar-refractivity contribution < 1.29 is 9.47 Å². The fourth-order valence-corrected chi connectivity index (χ4v) is 4.21. The molecule has 0 aromatic heterocycles. The van der Waals surface area contributed by atoms with Crippen LogP contribution in [0.3, 0.4) is 0 Å². The van der Waals surface area contributed by atoms with E-state index in [-0.39, 0.29) is 19.5 Å². The zero-order chi connectivity index (χ0) is 21.6. The van der Waals surface area contributed by atoms with E-state index in [1.165, 1.54) is 22.3 Å². The first-order valence-electron chi connectivity index (χ1n) is 10.9. The monoisotopic (exact) mass is 438 g/mol. The van der Waals surface area contributed by atoms with Gasteiger partial charge in [-0.2, -0.15) is 0 Å². The van der Waals surface area contributed by atoms with Gasteiger partial charge in [-0.15, -0.1) is 0 Å². The number of hydrogen-bond donors (Lipinski definition) is 2. The van der Waals surface area contributed by atoms with Crippen LogP contribution >= 0.6 is 0 Å². The van der Waals surface area contributed by atoms with Gasteiger partial charge in [0, 0.05) is 11.1 Å². The highest BCUT2D eigenvalue weighted by atomic mass is 16.5. The number of nitrogens with one attached hydrogen (secondary N) is 2. The Morgan fingerprint density at radius 3 is 1.27 bits per heavy atom. The molecule has 4 heteroatoms. The highest BCUT2D eigenvalue weighted by Gasteiger charge is 2.22. The van der Waals surface area contributed by atoms with Crippen LogP contribution in [0, 0.1) is 0 Å². The van der Waals surface area contributed by atoms with Crippen LogP contribution in [-0.2, 0) is 0 Å². The number of ether oxygens (including phenoxy) is 2. The second kappa shape index (κ2) is 10.8. The molecule has 168 valence electrons. The van der Waals surface area contributed by atoms with Crippen molar-refractivity contribution >= 4 is 0 Å². The molecule has 0 saturated heterocycles. The molecule has 0 saturated carbocycles. The molecule has 0 bridgehead atoms. The first-order valence-corrected chi connectivity index (χ1v) is 10.9. The third-order valence-electron chi connectivity index (χ3n) is 5.76. The molecule has 0 radical (unpaired) electrons. The molecule has 0 spiro atoms. The molecule has 2 unspecified atom stereocenters. The molecule has 6 rings (SSSR count). The third-order valence-corrected chi connectivity index (χ3v) is 5.76. The van der Waals surface area contributed by atoms with Gasteiger partial charge in [-0.3, -0.25) is 10.6 Å². The van der Waals surface area contributed by atoms with E-state index in [1.807, 2.05) is 48.5 Å². The smallest absolute Gasteiger partial charge is 0.140 e. The Morgan fingerprint density at radius 2 is 0.848 bits per heavy atom. The Bertz CT molecular complexity index is 1060. The number of fused-ring (bicyclic) bond motifs is 2. The van der Waals surface area contributed by atoms with Gasteiger partial charge < -0.3 is 9.47 Å². The minimum atomic E-state index is 0.